The first-order valence-corrected chi connectivity index (χ1v) is 6.68. The van der Waals surface area contributed by atoms with Gasteiger partial charge in [-0.3, -0.25) is 0 Å². The lowest BCUT2D eigenvalue weighted by Gasteiger charge is -1.94. The summed E-state index contributed by atoms with van der Waals surface area (Å²) in [5.74, 6) is 0.737. The van der Waals surface area contributed by atoms with Crippen molar-refractivity contribution >= 4 is 29.2 Å². The Hall–Kier alpha value is -1.61. The summed E-state index contributed by atoms with van der Waals surface area (Å²) in [5.41, 5.74) is 8.91. The Balaban J connectivity index is 1.76. The van der Waals surface area contributed by atoms with E-state index in [1.165, 1.54) is 18.5 Å². The molecule has 1 aliphatic rings. The maximum Gasteiger partial charge on any atom is 0.116 e. The molecule has 17 heavy (non-hydrogen) atoms. The average molecular weight is 242 g/mol. The van der Waals surface area contributed by atoms with Gasteiger partial charge in [-0.05, 0) is 36.6 Å². The second-order valence-electron chi connectivity index (χ2n) is 4.39. The predicted molar refractivity (Wildman–Crippen MR) is 73.9 cm³/mol. The Morgan fingerprint density at radius 3 is 2.94 bits per heavy atom. The van der Waals surface area contributed by atoms with E-state index in [4.69, 9.17) is 5.73 Å². The van der Waals surface area contributed by atoms with Crippen LogP contribution in [0.5, 0.6) is 0 Å². The SMILES string of the molecule is Nc1cccc(/C=C/c2nc(C3CC3)cs2)c1. The monoisotopic (exact) mass is 242 g/mol. The second-order valence-corrected chi connectivity index (χ2v) is 5.28. The summed E-state index contributed by atoms with van der Waals surface area (Å²) >= 11 is 1.71. The highest BCUT2D eigenvalue weighted by Gasteiger charge is 2.25. The summed E-state index contributed by atoms with van der Waals surface area (Å²) in [6.45, 7) is 0. The zero-order valence-electron chi connectivity index (χ0n) is 9.47. The van der Waals surface area contributed by atoms with E-state index in [0.29, 0.717) is 0 Å². The molecule has 1 heterocycles. The number of hydrogen-bond acceptors (Lipinski definition) is 3. The van der Waals surface area contributed by atoms with Crippen molar-refractivity contribution in [3.05, 3.63) is 45.9 Å². The van der Waals surface area contributed by atoms with Crippen molar-refractivity contribution in [1.29, 1.82) is 0 Å². The van der Waals surface area contributed by atoms with Crippen LogP contribution in [0.25, 0.3) is 12.2 Å². The summed E-state index contributed by atoms with van der Waals surface area (Å²) in [6.07, 6.45) is 6.74. The van der Waals surface area contributed by atoms with Crippen molar-refractivity contribution < 1.29 is 0 Å². The number of thiazole rings is 1. The molecular formula is C14H14N2S. The van der Waals surface area contributed by atoms with Crippen molar-refractivity contribution in [1.82, 2.24) is 4.98 Å². The smallest absolute Gasteiger partial charge is 0.116 e. The van der Waals surface area contributed by atoms with Gasteiger partial charge in [0.1, 0.15) is 5.01 Å². The average Bonchev–Trinajstić information content (AvgIpc) is 3.07. The number of nitrogen functional groups attached to an aromatic ring is 1. The molecule has 0 saturated heterocycles. The summed E-state index contributed by atoms with van der Waals surface area (Å²) in [7, 11) is 0. The van der Waals surface area contributed by atoms with Crippen LogP contribution in [0.4, 0.5) is 5.69 Å². The van der Waals surface area contributed by atoms with Crippen LogP contribution in [0.15, 0.2) is 29.6 Å². The lowest BCUT2D eigenvalue weighted by Crippen LogP contribution is -1.83. The molecule has 0 radical (unpaired) electrons. The molecule has 0 bridgehead atoms. The largest absolute Gasteiger partial charge is 0.399 e. The number of rotatable bonds is 3. The van der Waals surface area contributed by atoms with Gasteiger partial charge in [-0.2, -0.15) is 0 Å². The van der Waals surface area contributed by atoms with E-state index in [-0.39, 0.29) is 0 Å². The minimum absolute atomic E-state index is 0.737. The fourth-order valence-corrected chi connectivity index (χ4v) is 2.57. The van der Waals surface area contributed by atoms with Crippen molar-refractivity contribution in [3.63, 3.8) is 0 Å². The summed E-state index contributed by atoms with van der Waals surface area (Å²) in [5, 5.41) is 3.26. The molecule has 1 aromatic heterocycles. The molecule has 3 rings (SSSR count). The third-order valence-corrected chi connectivity index (χ3v) is 3.69. The van der Waals surface area contributed by atoms with Crippen molar-refractivity contribution in [2.75, 3.05) is 5.73 Å². The van der Waals surface area contributed by atoms with E-state index in [2.05, 4.69) is 22.5 Å². The Morgan fingerprint density at radius 1 is 1.29 bits per heavy atom. The topological polar surface area (TPSA) is 38.9 Å². The van der Waals surface area contributed by atoms with Crippen LogP contribution < -0.4 is 5.73 Å². The summed E-state index contributed by atoms with van der Waals surface area (Å²) in [4.78, 5) is 4.61. The summed E-state index contributed by atoms with van der Waals surface area (Å²) in [6, 6.07) is 7.87. The van der Waals surface area contributed by atoms with Crippen LogP contribution in [0.1, 0.15) is 35.0 Å². The van der Waals surface area contributed by atoms with E-state index in [0.717, 1.165) is 22.2 Å². The zero-order chi connectivity index (χ0) is 11.7. The molecule has 2 aromatic rings. The molecule has 0 unspecified atom stereocenters. The molecule has 0 aliphatic heterocycles. The molecule has 86 valence electrons. The van der Waals surface area contributed by atoms with Gasteiger partial charge in [0.15, 0.2) is 0 Å². The fourth-order valence-electron chi connectivity index (χ4n) is 1.77. The van der Waals surface area contributed by atoms with Gasteiger partial charge < -0.3 is 5.73 Å². The highest BCUT2D eigenvalue weighted by atomic mass is 32.1. The van der Waals surface area contributed by atoms with Crippen LogP contribution in [0.3, 0.4) is 0 Å². The van der Waals surface area contributed by atoms with Crippen LogP contribution in [0.2, 0.25) is 0 Å². The molecule has 1 aromatic carbocycles. The van der Waals surface area contributed by atoms with E-state index in [1.807, 2.05) is 24.3 Å². The Labute approximate surface area is 105 Å². The molecular weight excluding hydrogens is 228 g/mol. The first-order valence-electron chi connectivity index (χ1n) is 5.80. The van der Waals surface area contributed by atoms with E-state index < -0.39 is 0 Å². The predicted octanol–water partition coefficient (Wildman–Crippen LogP) is 3.77. The highest BCUT2D eigenvalue weighted by Crippen LogP contribution is 2.40. The minimum atomic E-state index is 0.737. The maximum absolute atomic E-state index is 5.73. The first kappa shape index (κ1) is 10.5. The quantitative estimate of drug-likeness (QED) is 0.832. The number of nitrogens with zero attached hydrogens (tertiary/aromatic N) is 1. The second kappa shape index (κ2) is 4.34. The lowest BCUT2D eigenvalue weighted by molar-refractivity contribution is 1.05. The van der Waals surface area contributed by atoms with Gasteiger partial charge in [0.05, 0.1) is 5.69 Å². The van der Waals surface area contributed by atoms with Gasteiger partial charge in [0.25, 0.3) is 0 Å². The van der Waals surface area contributed by atoms with Gasteiger partial charge in [-0.25, -0.2) is 4.98 Å². The number of anilines is 1. The van der Waals surface area contributed by atoms with Crippen LogP contribution in [0, 0.1) is 0 Å². The molecule has 1 saturated carbocycles. The number of nitrogens with two attached hydrogens (primary N) is 1. The van der Waals surface area contributed by atoms with Gasteiger partial charge in [-0.1, -0.05) is 18.2 Å². The maximum atomic E-state index is 5.73. The Kier molecular flexibility index (Phi) is 2.69. The number of hydrogen-bond donors (Lipinski definition) is 1. The van der Waals surface area contributed by atoms with Crippen molar-refractivity contribution in [3.8, 4) is 0 Å². The van der Waals surface area contributed by atoms with Crippen LogP contribution >= 0.6 is 11.3 Å². The Morgan fingerprint density at radius 2 is 2.18 bits per heavy atom. The molecule has 0 spiro atoms. The van der Waals surface area contributed by atoms with Gasteiger partial charge in [0.2, 0.25) is 0 Å². The Bertz CT molecular complexity index is 553. The van der Waals surface area contributed by atoms with Gasteiger partial charge in [0, 0.05) is 17.0 Å². The van der Waals surface area contributed by atoms with Gasteiger partial charge >= 0.3 is 0 Å². The van der Waals surface area contributed by atoms with Crippen LogP contribution in [-0.2, 0) is 0 Å². The van der Waals surface area contributed by atoms with E-state index >= 15 is 0 Å². The molecule has 0 amide bonds. The first-order chi connectivity index (χ1) is 8.31. The fraction of sp³-hybridized carbons (Fsp3) is 0.214. The molecule has 0 atom stereocenters. The highest BCUT2D eigenvalue weighted by molar-refractivity contribution is 7.10. The minimum Gasteiger partial charge on any atom is -0.399 e. The zero-order valence-corrected chi connectivity index (χ0v) is 10.3. The van der Waals surface area contributed by atoms with E-state index in [9.17, 15) is 0 Å². The normalized spacial score (nSPS) is 15.5. The molecule has 2 nitrogen and oxygen atoms in total. The molecule has 1 aliphatic carbocycles. The van der Waals surface area contributed by atoms with Gasteiger partial charge in [-0.15, -0.1) is 11.3 Å². The third-order valence-electron chi connectivity index (χ3n) is 2.86. The number of aromatic nitrogens is 1. The van der Waals surface area contributed by atoms with Crippen molar-refractivity contribution in [2.45, 2.75) is 18.8 Å². The molecule has 2 N–H and O–H groups in total. The van der Waals surface area contributed by atoms with Crippen molar-refractivity contribution in [2.24, 2.45) is 0 Å². The standard InChI is InChI=1S/C14H14N2S/c15-12-3-1-2-10(8-12)4-7-14-16-13(9-17-14)11-5-6-11/h1-4,7-9,11H,5-6,15H2/b7-4+. The summed E-state index contributed by atoms with van der Waals surface area (Å²) < 4.78 is 0. The lowest BCUT2D eigenvalue weighted by atomic mass is 10.2. The molecule has 3 heteroatoms. The van der Waals surface area contributed by atoms with E-state index in [1.54, 1.807) is 11.3 Å². The number of benzene rings is 1. The third kappa shape index (κ3) is 2.56. The molecule has 1 fully saturated rings. The van der Waals surface area contributed by atoms with Crippen LogP contribution in [-0.4, -0.2) is 4.98 Å².